The zero-order valence-corrected chi connectivity index (χ0v) is 15.9. The number of nitrogens with zero attached hydrogens (tertiary/aromatic N) is 2. The molecule has 0 radical (unpaired) electrons. The van der Waals surface area contributed by atoms with Crippen LogP contribution < -0.4 is 4.90 Å². The number of carbonyl (C=O) groups excluding carboxylic acids is 1. The normalized spacial score (nSPS) is 10.5. The quantitative estimate of drug-likeness (QED) is 0.391. The second-order valence-electron chi connectivity index (χ2n) is 6.30. The van der Waals surface area contributed by atoms with E-state index in [4.69, 9.17) is 11.6 Å². The van der Waals surface area contributed by atoms with Gasteiger partial charge in [-0.1, -0.05) is 60.1 Å². The number of amides is 1. The van der Waals surface area contributed by atoms with E-state index in [-0.39, 0.29) is 22.2 Å². The number of nitro benzene ring substituents is 1. The molecular weight excluding hydrogens is 376 g/mol. The minimum Gasteiger partial charge on any atom is -0.308 e. The summed E-state index contributed by atoms with van der Waals surface area (Å²) < 4.78 is 0. The molecule has 6 heteroatoms. The highest BCUT2D eigenvalue weighted by molar-refractivity contribution is 6.32. The number of anilines is 1. The van der Waals surface area contributed by atoms with Crippen molar-refractivity contribution in [2.24, 2.45) is 0 Å². The van der Waals surface area contributed by atoms with E-state index in [9.17, 15) is 14.9 Å². The average Bonchev–Trinajstić information content (AvgIpc) is 2.72. The molecule has 5 nitrogen and oxygen atoms in total. The number of halogens is 1. The predicted octanol–water partition coefficient (Wildman–Crippen LogP) is 5.53. The molecule has 0 N–H and O–H groups in total. The molecule has 0 heterocycles. The standard InChI is InChI=1S/C22H19ClN2O3/c23-20-14-13-18(16-21(20)25(27)28)22(26)24(19-11-5-2-6-12-19)15-7-10-17-8-3-1-4-9-17/h1-6,8-9,11-14,16H,7,10,15H2. The Balaban J connectivity index is 1.83. The van der Waals surface area contributed by atoms with Gasteiger partial charge in [0.05, 0.1) is 4.92 Å². The lowest BCUT2D eigenvalue weighted by Crippen LogP contribution is -2.32. The van der Waals surface area contributed by atoms with Crippen molar-refractivity contribution in [3.05, 3.63) is 105 Å². The molecule has 0 aromatic heterocycles. The first-order chi connectivity index (χ1) is 13.6. The Labute approximate surface area is 168 Å². The molecule has 0 spiro atoms. The van der Waals surface area contributed by atoms with Crippen LogP contribution >= 0.6 is 11.6 Å². The van der Waals surface area contributed by atoms with Gasteiger partial charge in [0.1, 0.15) is 5.02 Å². The van der Waals surface area contributed by atoms with Crippen LogP contribution in [0.3, 0.4) is 0 Å². The van der Waals surface area contributed by atoms with E-state index in [1.165, 1.54) is 23.8 Å². The zero-order chi connectivity index (χ0) is 19.9. The topological polar surface area (TPSA) is 63.4 Å². The second-order valence-corrected chi connectivity index (χ2v) is 6.71. The molecule has 0 unspecified atom stereocenters. The second kappa shape index (κ2) is 9.15. The van der Waals surface area contributed by atoms with Crippen molar-refractivity contribution in [3.63, 3.8) is 0 Å². The van der Waals surface area contributed by atoms with E-state index in [1.807, 2.05) is 48.5 Å². The van der Waals surface area contributed by atoms with Crippen molar-refractivity contribution >= 4 is 28.9 Å². The molecule has 28 heavy (non-hydrogen) atoms. The molecule has 0 atom stereocenters. The molecule has 0 saturated heterocycles. The summed E-state index contributed by atoms with van der Waals surface area (Å²) >= 11 is 5.88. The third kappa shape index (κ3) is 4.75. The van der Waals surface area contributed by atoms with Crippen molar-refractivity contribution in [1.82, 2.24) is 0 Å². The molecular formula is C22H19ClN2O3. The van der Waals surface area contributed by atoms with Gasteiger partial charge in [0.15, 0.2) is 0 Å². The molecule has 0 aliphatic carbocycles. The summed E-state index contributed by atoms with van der Waals surface area (Å²) in [5.41, 5.74) is 1.91. The summed E-state index contributed by atoms with van der Waals surface area (Å²) in [5.74, 6) is -0.293. The third-order valence-corrected chi connectivity index (χ3v) is 4.71. The molecule has 142 valence electrons. The number of rotatable bonds is 7. The summed E-state index contributed by atoms with van der Waals surface area (Å²) in [6.07, 6.45) is 1.60. The maximum Gasteiger partial charge on any atom is 0.288 e. The van der Waals surface area contributed by atoms with Crippen LogP contribution in [-0.4, -0.2) is 17.4 Å². The zero-order valence-electron chi connectivity index (χ0n) is 15.1. The SMILES string of the molecule is O=C(c1ccc(Cl)c([N+](=O)[O-])c1)N(CCCc1ccccc1)c1ccccc1. The van der Waals surface area contributed by atoms with Gasteiger partial charge in [0.25, 0.3) is 11.6 Å². The van der Waals surface area contributed by atoms with Crippen molar-refractivity contribution in [2.75, 3.05) is 11.4 Å². The molecule has 0 aliphatic heterocycles. The summed E-state index contributed by atoms with van der Waals surface area (Å²) in [7, 11) is 0. The number of para-hydroxylation sites is 1. The van der Waals surface area contributed by atoms with Gasteiger partial charge in [-0.15, -0.1) is 0 Å². The van der Waals surface area contributed by atoms with Gasteiger partial charge in [-0.2, -0.15) is 0 Å². The van der Waals surface area contributed by atoms with Crippen LogP contribution in [0.25, 0.3) is 0 Å². The first kappa shape index (κ1) is 19.6. The van der Waals surface area contributed by atoms with Crippen LogP contribution in [0.4, 0.5) is 11.4 Å². The number of benzene rings is 3. The smallest absolute Gasteiger partial charge is 0.288 e. The Morgan fingerprint density at radius 2 is 1.61 bits per heavy atom. The predicted molar refractivity (Wildman–Crippen MR) is 111 cm³/mol. The lowest BCUT2D eigenvalue weighted by molar-refractivity contribution is -0.384. The summed E-state index contributed by atoms with van der Waals surface area (Å²) in [4.78, 5) is 25.4. The number of nitro groups is 1. The fourth-order valence-corrected chi connectivity index (χ4v) is 3.17. The molecule has 0 bridgehead atoms. The minimum atomic E-state index is -0.582. The molecule has 3 aromatic carbocycles. The van der Waals surface area contributed by atoms with E-state index >= 15 is 0 Å². The van der Waals surface area contributed by atoms with E-state index in [2.05, 4.69) is 12.1 Å². The van der Waals surface area contributed by atoms with E-state index in [0.29, 0.717) is 6.54 Å². The minimum absolute atomic E-state index is 0.0110. The van der Waals surface area contributed by atoms with Gasteiger partial charge in [0.2, 0.25) is 0 Å². The molecule has 0 saturated carbocycles. The molecule has 0 fully saturated rings. The van der Waals surface area contributed by atoms with Crippen LogP contribution in [-0.2, 0) is 6.42 Å². The Morgan fingerprint density at radius 1 is 0.964 bits per heavy atom. The fourth-order valence-electron chi connectivity index (χ4n) is 2.98. The van der Waals surface area contributed by atoms with Gasteiger partial charge < -0.3 is 4.90 Å². The summed E-state index contributed by atoms with van der Waals surface area (Å²) in [5, 5.41) is 11.2. The highest BCUT2D eigenvalue weighted by Gasteiger charge is 2.21. The number of hydrogen-bond acceptors (Lipinski definition) is 3. The first-order valence-electron chi connectivity index (χ1n) is 8.91. The van der Waals surface area contributed by atoms with Gasteiger partial charge in [-0.3, -0.25) is 14.9 Å². The highest BCUT2D eigenvalue weighted by atomic mass is 35.5. The third-order valence-electron chi connectivity index (χ3n) is 4.39. The first-order valence-corrected chi connectivity index (χ1v) is 9.29. The van der Waals surface area contributed by atoms with Crippen LogP contribution in [0.2, 0.25) is 5.02 Å². The van der Waals surface area contributed by atoms with Crippen LogP contribution in [0.1, 0.15) is 22.3 Å². The lowest BCUT2D eigenvalue weighted by Gasteiger charge is -2.23. The maximum atomic E-state index is 13.1. The summed E-state index contributed by atoms with van der Waals surface area (Å²) in [6.45, 7) is 0.494. The Bertz CT molecular complexity index is 962. The largest absolute Gasteiger partial charge is 0.308 e. The Kier molecular flexibility index (Phi) is 6.40. The fraction of sp³-hybridized carbons (Fsp3) is 0.136. The molecule has 1 amide bonds. The average molecular weight is 395 g/mol. The van der Waals surface area contributed by atoms with Crippen molar-refractivity contribution in [3.8, 4) is 0 Å². The van der Waals surface area contributed by atoms with Crippen LogP contribution in [0.15, 0.2) is 78.9 Å². The number of hydrogen-bond donors (Lipinski definition) is 0. The Hall–Kier alpha value is -3.18. The van der Waals surface area contributed by atoms with Crippen LogP contribution in [0, 0.1) is 10.1 Å². The maximum absolute atomic E-state index is 13.1. The van der Waals surface area contributed by atoms with Gasteiger partial charge in [-0.05, 0) is 42.7 Å². The molecule has 0 aliphatic rings. The lowest BCUT2D eigenvalue weighted by atomic mass is 10.1. The van der Waals surface area contributed by atoms with E-state index in [1.54, 1.807) is 4.90 Å². The van der Waals surface area contributed by atoms with Gasteiger partial charge >= 0.3 is 0 Å². The highest BCUT2D eigenvalue weighted by Crippen LogP contribution is 2.27. The van der Waals surface area contributed by atoms with Gasteiger partial charge in [0, 0.05) is 23.9 Å². The summed E-state index contributed by atoms with van der Waals surface area (Å²) in [6, 6.07) is 23.5. The molecule has 3 rings (SSSR count). The van der Waals surface area contributed by atoms with E-state index < -0.39 is 4.92 Å². The van der Waals surface area contributed by atoms with Gasteiger partial charge in [-0.25, -0.2) is 0 Å². The van der Waals surface area contributed by atoms with Crippen LogP contribution in [0.5, 0.6) is 0 Å². The number of aryl methyl sites for hydroxylation is 1. The van der Waals surface area contributed by atoms with Crippen molar-refractivity contribution < 1.29 is 9.72 Å². The van der Waals surface area contributed by atoms with Crippen molar-refractivity contribution in [2.45, 2.75) is 12.8 Å². The van der Waals surface area contributed by atoms with E-state index in [0.717, 1.165) is 18.5 Å². The van der Waals surface area contributed by atoms with Crippen molar-refractivity contribution in [1.29, 1.82) is 0 Å². The number of carbonyl (C=O) groups is 1. The Morgan fingerprint density at radius 3 is 2.25 bits per heavy atom. The molecule has 3 aromatic rings. The monoisotopic (exact) mass is 394 g/mol.